The summed E-state index contributed by atoms with van der Waals surface area (Å²) in [6.07, 6.45) is 5.70. The van der Waals surface area contributed by atoms with E-state index in [4.69, 9.17) is 14.3 Å². The Labute approximate surface area is 187 Å². The van der Waals surface area contributed by atoms with Gasteiger partial charge in [-0.3, -0.25) is 0 Å². The molecule has 0 N–H and O–H groups in total. The van der Waals surface area contributed by atoms with Crippen LogP contribution < -0.4 is 9.47 Å². The number of allylic oxidation sites excluding steroid dienone is 1. The van der Waals surface area contributed by atoms with E-state index in [1.165, 1.54) is 5.56 Å². The summed E-state index contributed by atoms with van der Waals surface area (Å²) in [5.41, 5.74) is 4.44. The van der Waals surface area contributed by atoms with E-state index in [2.05, 4.69) is 43.1 Å². The van der Waals surface area contributed by atoms with Gasteiger partial charge in [-0.1, -0.05) is 47.6 Å². The van der Waals surface area contributed by atoms with E-state index in [1.54, 1.807) is 7.11 Å². The maximum atomic E-state index is 6.10. The topological polar surface area (TPSA) is 43.3 Å². The quantitative estimate of drug-likeness (QED) is 0.192. The van der Waals surface area contributed by atoms with Gasteiger partial charge in [-0.2, -0.15) is 0 Å². The Morgan fingerprint density at radius 1 is 1.06 bits per heavy atom. The fraction of sp³-hybridized carbons (Fsp3) is 0.423. The lowest BCUT2D eigenvalue weighted by Gasteiger charge is -2.19. The van der Waals surface area contributed by atoms with E-state index in [9.17, 15) is 0 Å². The number of rotatable bonds is 13. The van der Waals surface area contributed by atoms with E-state index in [1.807, 2.05) is 49.4 Å². The third-order valence-electron chi connectivity index (χ3n) is 4.87. The Kier molecular flexibility index (Phi) is 10.7. The van der Waals surface area contributed by atoms with E-state index in [0.29, 0.717) is 13.2 Å². The molecule has 0 aromatic heterocycles. The van der Waals surface area contributed by atoms with Crippen molar-refractivity contribution in [2.24, 2.45) is 5.16 Å². The fourth-order valence-corrected chi connectivity index (χ4v) is 3.44. The van der Waals surface area contributed by atoms with Crippen molar-refractivity contribution in [3.05, 3.63) is 71.3 Å². The summed E-state index contributed by atoms with van der Waals surface area (Å²) in [6, 6.07) is 14.4. The molecular formula is C26H36N2O3. The highest BCUT2D eigenvalue weighted by atomic mass is 16.6. The molecule has 0 heterocycles. The summed E-state index contributed by atoms with van der Waals surface area (Å²) in [4.78, 5) is 7.30. The van der Waals surface area contributed by atoms with Gasteiger partial charge >= 0.3 is 0 Å². The molecule has 31 heavy (non-hydrogen) atoms. The molecule has 2 rings (SSSR count). The van der Waals surface area contributed by atoms with E-state index >= 15 is 0 Å². The third kappa shape index (κ3) is 8.85. The van der Waals surface area contributed by atoms with Crippen molar-refractivity contribution in [3.8, 4) is 11.5 Å². The van der Waals surface area contributed by atoms with Crippen LogP contribution in [-0.4, -0.2) is 51.1 Å². The lowest BCUT2D eigenvalue weighted by Crippen LogP contribution is -2.29. The van der Waals surface area contributed by atoms with E-state index < -0.39 is 0 Å². The molecule has 0 unspecified atom stereocenters. The smallest absolute Gasteiger partial charge is 0.125 e. The number of hydrogen-bond acceptors (Lipinski definition) is 5. The molecule has 2 aromatic carbocycles. The van der Waals surface area contributed by atoms with Crippen LogP contribution in [0.1, 0.15) is 30.0 Å². The van der Waals surface area contributed by atoms with Crippen molar-refractivity contribution < 1.29 is 14.3 Å². The Morgan fingerprint density at radius 2 is 1.77 bits per heavy atom. The van der Waals surface area contributed by atoms with E-state index in [0.717, 1.165) is 54.3 Å². The molecule has 0 aliphatic carbocycles. The van der Waals surface area contributed by atoms with Crippen LogP contribution in [0, 0.1) is 13.8 Å². The van der Waals surface area contributed by atoms with Crippen LogP contribution in [-0.2, 0) is 11.3 Å². The molecule has 0 amide bonds. The van der Waals surface area contributed by atoms with Crippen LogP contribution in [0.25, 0.3) is 0 Å². The number of oxime groups is 1. The van der Waals surface area contributed by atoms with Gasteiger partial charge in [0.05, 0.1) is 12.3 Å². The maximum Gasteiger partial charge on any atom is 0.125 e. The molecule has 0 fully saturated rings. The van der Waals surface area contributed by atoms with Gasteiger partial charge in [-0.15, -0.1) is 0 Å². The second kappa shape index (κ2) is 13.5. The lowest BCUT2D eigenvalue weighted by molar-refractivity contribution is 0.209. The largest absolute Gasteiger partial charge is 0.493 e. The summed E-state index contributed by atoms with van der Waals surface area (Å²) >= 11 is 0. The molecule has 0 radical (unpaired) electrons. The average Bonchev–Trinajstić information content (AvgIpc) is 2.74. The van der Waals surface area contributed by atoms with Crippen molar-refractivity contribution in [3.63, 3.8) is 0 Å². The fourth-order valence-electron chi connectivity index (χ4n) is 3.44. The first-order valence-electron chi connectivity index (χ1n) is 10.8. The normalized spacial score (nSPS) is 11.9. The number of nitrogens with zero attached hydrogens (tertiary/aromatic N) is 2. The van der Waals surface area contributed by atoms with Gasteiger partial charge in [-0.25, -0.2) is 0 Å². The molecule has 0 aliphatic heterocycles. The van der Waals surface area contributed by atoms with E-state index in [-0.39, 0.29) is 0 Å². The molecule has 5 heteroatoms. The average molecular weight is 425 g/mol. The van der Waals surface area contributed by atoms with Crippen LogP contribution in [0.5, 0.6) is 11.5 Å². The number of hydrogen-bond donors (Lipinski definition) is 0. The highest BCUT2D eigenvalue weighted by molar-refractivity contribution is 5.87. The van der Waals surface area contributed by atoms with Gasteiger partial charge in [0, 0.05) is 19.5 Å². The van der Waals surface area contributed by atoms with Gasteiger partial charge in [0.1, 0.15) is 25.2 Å². The second-order valence-electron chi connectivity index (χ2n) is 7.71. The molecule has 0 saturated carbocycles. The van der Waals surface area contributed by atoms with Crippen LogP contribution in [0.3, 0.4) is 0 Å². The minimum absolute atomic E-state index is 0.584. The Hall–Kier alpha value is -2.79. The van der Waals surface area contributed by atoms with Crippen LogP contribution in [0.2, 0.25) is 0 Å². The Morgan fingerprint density at radius 3 is 2.42 bits per heavy atom. The molecule has 0 bridgehead atoms. The molecule has 168 valence electrons. The molecule has 0 aliphatic rings. The van der Waals surface area contributed by atoms with Crippen molar-refractivity contribution in [2.75, 3.05) is 40.5 Å². The molecular weight excluding hydrogens is 388 g/mol. The zero-order chi connectivity index (χ0) is 22.5. The minimum Gasteiger partial charge on any atom is -0.493 e. The van der Waals surface area contributed by atoms with Crippen molar-refractivity contribution in [1.29, 1.82) is 0 Å². The van der Waals surface area contributed by atoms with Gasteiger partial charge in [0.2, 0.25) is 0 Å². The standard InChI is InChI=1S/C26H36N2O3/c1-6-7-15-30-25-17-21(2)26(22(3)18-25)31-16-11-14-28(4)20-24(27-29-5)19-23-12-9-8-10-13-23/h6-10,12-13,17-18H,11,14-16,19-20H2,1-5H3/b7-6+,27-24+. The monoisotopic (exact) mass is 424 g/mol. The molecule has 0 atom stereocenters. The summed E-state index contributed by atoms with van der Waals surface area (Å²) < 4.78 is 11.8. The number of benzene rings is 2. The zero-order valence-corrected chi connectivity index (χ0v) is 19.6. The van der Waals surface area contributed by atoms with Crippen molar-refractivity contribution in [1.82, 2.24) is 4.90 Å². The first-order chi connectivity index (χ1) is 15.0. The Balaban J connectivity index is 1.80. The van der Waals surface area contributed by atoms with Gasteiger partial charge in [0.15, 0.2) is 0 Å². The molecule has 0 spiro atoms. The highest BCUT2D eigenvalue weighted by Gasteiger charge is 2.09. The molecule has 5 nitrogen and oxygen atoms in total. The molecule has 2 aromatic rings. The predicted octanol–water partition coefficient (Wildman–Crippen LogP) is 5.20. The summed E-state index contributed by atoms with van der Waals surface area (Å²) in [5, 5.41) is 4.22. The van der Waals surface area contributed by atoms with Crippen molar-refractivity contribution >= 4 is 5.71 Å². The second-order valence-corrected chi connectivity index (χ2v) is 7.71. The number of ether oxygens (including phenoxy) is 2. The third-order valence-corrected chi connectivity index (χ3v) is 4.87. The molecule has 0 saturated heterocycles. The highest BCUT2D eigenvalue weighted by Crippen LogP contribution is 2.28. The minimum atomic E-state index is 0.584. The predicted molar refractivity (Wildman–Crippen MR) is 128 cm³/mol. The lowest BCUT2D eigenvalue weighted by atomic mass is 10.1. The van der Waals surface area contributed by atoms with Gasteiger partial charge < -0.3 is 19.2 Å². The summed E-state index contributed by atoms with van der Waals surface area (Å²) in [7, 11) is 3.70. The maximum absolute atomic E-state index is 6.10. The van der Waals surface area contributed by atoms with Gasteiger partial charge in [0.25, 0.3) is 0 Å². The zero-order valence-electron chi connectivity index (χ0n) is 19.6. The first-order valence-corrected chi connectivity index (χ1v) is 10.8. The summed E-state index contributed by atoms with van der Waals surface area (Å²) in [5.74, 6) is 1.83. The summed E-state index contributed by atoms with van der Waals surface area (Å²) in [6.45, 7) is 9.05. The van der Waals surface area contributed by atoms with Crippen LogP contribution in [0.15, 0.2) is 59.8 Å². The van der Waals surface area contributed by atoms with Crippen molar-refractivity contribution in [2.45, 2.75) is 33.6 Å². The SMILES string of the molecule is C/C=C/COc1cc(C)c(OCCCN(C)C/C(Cc2ccccc2)=N/OC)c(C)c1. The first kappa shape index (κ1) is 24.5. The number of aryl methyl sites for hydroxylation is 2. The van der Waals surface area contributed by atoms with Crippen LogP contribution in [0.4, 0.5) is 0 Å². The Bertz CT molecular complexity index is 824. The van der Waals surface area contributed by atoms with Gasteiger partial charge in [-0.05, 0) is 63.1 Å². The van der Waals surface area contributed by atoms with Crippen LogP contribution >= 0.6 is 0 Å².